The van der Waals surface area contributed by atoms with E-state index >= 15 is 0 Å². The summed E-state index contributed by atoms with van der Waals surface area (Å²) in [6.45, 7) is -0.216. The van der Waals surface area contributed by atoms with Gasteiger partial charge in [-0.3, -0.25) is 9.10 Å². The summed E-state index contributed by atoms with van der Waals surface area (Å²) in [5.41, 5.74) is 0.293. The summed E-state index contributed by atoms with van der Waals surface area (Å²) in [5, 5.41) is 4.33. The maximum absolute atomic E-state index is 13.1. The van der Waals surface area contributed by atoms with Gasteiger partial charge >= 0.3 is 0 Å². The smallest absolute Gasteiger partial charge is 0.274 e. The van der Waals surface area contributed by atoms with E-state index in [4.69, 9.17) is 9.15 Å². The number of para-hydroxylation sites is 2. The lowest BCUT2D eigenvalue weighted by atomic mass is 10.3. The molecule has 0 aliphatic carbocycles. The first-order valence-corrected chi connectivity index (χ1v) is 10.3. The van der Waals surface area contributed by atoms with Crippen molar-refractivity contribution in [1.29, 1.82) is 0 Å². The van der Waals surface area contributed by atoms with E-state index < -0.39 is 15.9 Å². The molecule has 9 heteroatoms. The maximum atomic E-state index is 13.1. The Hall–Kier alpha value is -2.78. The lowest BCUT2D eigenvalue weighted by Gasteiger charge is -2.24. The molecule has 142 valence electrons. The third kappa shape index (κ3) is 4.32. The number of nitrogens with zero attached hydrogens (tertiary/aromatic N) is 1. The Balaban J connectivity index is 1.89. The second-order valence-corrected chi connectivity index (χ2v) is 8.51. The first-order chi connectivity index (χ1) is 13.0. The van der Waals surface area contributed by atoms with Crippen molar-refractivity contribution in [2.24, 2.45) is 0 Å². The van der Waals surface area contributed by atoms with Gasteiger partial charge in [-0.25, -0.2) is 8.42 Å². The van der Waals surface area contributed by atoms with Crippen LogP contribution in [-0.4, -0.2) is 28.0 Å². The van der Waals surface area contributed by atoms with Crippen molar-refractivity contribution in [3.05, 3.63) is 65.9 Å². The van der Waals surface area contributed by atoms with Gasteiger partial charge in [-0.2, -0.15) is 0 Å². The molecular weight excluding hydrogens is 388 g/mol. The number of rotatable bonds is 8. The first-order valence-electron chi connectivity index (χ1n) is 8.00. The Morgan fingerprint density at radius 2 is 2.00 bits per heavy atom. The van der Waals surface area contributed by atoms with Gasteiger partial charge in [-0.15, -0.1) is 11.3 Å². The minimum atomic E-state index is -3.92. The minimum absolute atomic E-state index is 0.146. The minimum Gasteiger partial charge on any atom is -0.495 e. The van der Waals surface area contributed by atoms with Crippen molar-refractivity contribution in [3.63, 3.8) is 0 Å². The van der Waals surface area contributed by atoms with Crippen molar-refractivity contribution in [1.82, 2.24) is 5.32 Å². The van der Waals surface area contributed by atoms with Crippen LogP contribution in [0.5, 0.6) is 5.75 Å². The normalized spacial score (nSPS) is 11.1. The highest BCUT2D eigenvalue weighted by atomic mass is 32.2. The highest BCUT2D eigenvalue weighted by molar-refractivity contribution is 7.94. The van der Waals surface area contributed by atoms with Crippen molar-refractivity contribution >= 4 is 33.0 Å². The van der Waals surface area contributed by atoms with Gasteiger partial charge in [0.1, 0.15) is 22.3 Å². The number of carbonyl (C=O) groups is 1. The predicted molar refractivity (Wildman–Crippen MR) is 102 cm³/mol. The maximum Gasteiger partial charge on any atom is 0.274 e. The SMILES string of the molecule is COc1ccccc1N(CC(=O)NCc1ccco1)S(=O)(=O)c1cccs1. The number of methoxy groups -OCH3 is 1. The highest BCUT2D eigenvalue weighted by Gasteiger charge is 2.30. The topological polar surface area (TPSA) is 88.8 Å². The fourth-order valence-electron chi connectivity index (χ4n) is 2.44. The molecule has 0 spiro atoms. The standard InChI is InChI=1S/C18H18N2O5S2/c1-24-16-8-3-2-7-15(16)20(27(22,23)18-9-5-11-26-18)13-17(21)19-12-14-6-4-10-25-14/h2-11H,12-13H2,1H3,(H,19,21). The zero-order valence-electron chi connectivity index (χ0n) is 14.5. The van der Waals surface area contributed by atoms with Gasteiger partial charge in [-0.1, -0.05) is 18.2 Å². The van der Waals surface area contributed by atoms with E-state index in [0.717, 1.165) is 15.6 Å². The lowest BCUT2D eigenvalue weighted by Crippen LogP contribution is -2.40. The van der Waals surface area contributed by atoms with Crippen LogP contribution in [0.3, 0.4) is 0 Å². The van der Waals surface area contributed by atoms with Crippen LogP contribution in [-0.2, 0) is 21.4 Å². The average molecular weight is 406 g/mol. The second kappa shape index (κ2) is 8.28. The number of furan rings is 1. The molecule has 0 unspecified atom stereocenters. The van der Waals surface area contributed by atoms with Gasteiger partial charge < -0.3 is 14.5 Å². The van der Waals surface area contributed by atoms with Crippen molar-refractivity contribution < 1.29 is 22.4 Å². The fourth-order valence-corrected chi connectivity index (χ4v) is 4.98. The molecule has 2 heterocycles. The van der Waals surface area contributed by atoms with Crippen molar-refractivity contribution in [2.45, 2.75) is 10.8 Å². The number of benzene rings is 1. The quantitative estimate of drug-likeness (QED) is 0.621. The molecule has 7 nitrogen and oxygen atoms in total. The van der Waals surface area contributed by atoms with Crippen molar-refractivity contribution in [2.75, 3.05) is 18.0 Å². The Morgan fingerprint density at radius 1 is 1.19 bits per heavy atom. The molecule has 0 bridgehead atoms. The van der Waals surface area contributed by atoms with Crippen LogP contribution in [0.4, 0.5) is 5.69 Å². The summed E-state index contributed by atoms with van der Waals surface area (Å²) in [6.07, 6.45) is 1.50. The molecule has 0 saturated carbocycles. The summed E-state index contributed by atoms with van der Waals surface area (Å²) in [5.74, 6) is 0.474. The molecule has 0 saturated heterocycles. The van der Waals surface area contributed by atoms with Crippen LogP contribution in [0.25, 0.3) is 0 Å². The molecule has 27 heavy (non-hydrogen) atoms. The van der Waals surface area contributed by atoms with Gasteiger partial charge in [-0.05, 0) is 35.7 Å². The fraction of sp³-hybridized carbons (Fsp3) is 0.167. The number of sulfonamides is 1. The molecule has 1 N–H and O–H groups in total. The molecular formula is C18H18N2O5S2. The Bertz CT molecular complexity index is 983. The number of hydrogen-bond acceptors (Lipinski definition) is 6. The summed E-state index contributed by atoms with van der Waals surface area (Å²) in [7, 11) is -2.47. The number of nitrogens with one attached hydrogen (secondary N) is 1. The van der Waals surface area contributed by atoms with Gasteiger partial charge in [0.25, 0.3) is 10.0 Å². The first kappa shape index (κ1) is 19.0. The molecule has 3 aromatic rings. The molecule has 1 amide bonds. The molecule has 0 aliphatic heterocycles. The molecule has 2 aromatic heterocycles. The van der Waals surface area contributed by atoms with Crippen LogP contribution >= 0.6 is 11.3 Å². The van der Waals surface area contributed by atoms with E-state index in [2.05, 4.69) is 5.32 Å². The number of thiophene rings is 1. The lowest BCUT2D eigenvalue weighted by molar-refractivity contribution is -0.119. The highest BCUT2D eigenvalue weighted by Crippen LogP contribution is 2.33. The van der Waals surface area contributed by atoms with Gasteiger partial charge in [0.15, 0.2) is 0 Å². The third-order valence-electron chi connectivity index (χ3n) is 3.72. The van der Waals surface area contributed by atoms with Crippen molar-refractivity contribution in [3.8, 4) is 5.75 Å². The summed E-state index contributed by atoms with van der Waals surface area (Å²) >= 11 is 1.09. The van der Waals surface area contributed by atoms with Crippen LogP contribution in [0.1, 0.15) is 5.76 Å². The molecule has 1 aromatic carbocycles. The molecule has 0 atom stereocenters. The van der Waals surface area contributed by atoms with E-state index in [9.17, 15) is 13.2 Å². The molecule has 0 radical (unpaired) electrons. The number of amides is 1. The van der Waals surface area contributed by atoms with Crippen LogP contribution in [0, 0.1) is 0 Å². The number of ether oxygens (including phenoxy) is 1. The number of hydrogen-bond donors (Lipinski definition) is 1. The van der Waals surface area contributed by atoms with Gasteiger partial charge in [0.05, 0.1) is 25.6 Å². The van der Waals surface area contributed by atoms with Crippen LogP contribution < -0.4 is 14.4 Å². The summed E-state index contributed by atoms with van der Waals surface area (Å²) in [6, 6.07) is 13.3. The number of anilines is 1. The van der Waals surface area contributed by atoms with Gasteiger partial charge in [0, 0.05) is 0 Å². The summed E-state index contributed by atoms with van der Waals surface area (Å²) in [4.78, 5) is 12.4. The molecule has 3 rings (SSSR count). The Labute approximate surface area is 161 Å². The van der Waals surface area contributed by atoms with Crippen LogP contribution in [0.15, 0.2) is 68.8 Å². The second-order valence-electron chi connectivity index (χ2n) is 5.47. The van der Waals surface area contributed by atoms with Crippen LogP contribution in [0.2, 0.25) is 0 Å². The zero-order valence-corrected chi connectivity index (χ0v) is 16.1. The Kier molecular flexibility index (Phi) is 5.82. The van der Waals surface area contributed by atoms with E-state index in [-0.39, 0.29) is 17.3 Å². The summed E-state index contributed by atoms with van der Waals surface area (Å²) < 4.78 is 37.9. The Morgan fingerprint density at radius 3 is 2.67 bits per heavy atom. The zero-order chi connectivity index (χ0) is 19.3. The van der Waals surface area contributed by atoms with E-state index in [1.165, 1.54) is 19.4 Å². The van der Waals surface area contributed by atoms with E-state index in [1.807, 2.05) is 0 Å². The molecule has 0 fully saturated rings. The van der Waals surface area contributed by atoms with E-state index in [0.29, 0.717) is 17.2 Å². The largest absolute Gasteiger partial charge is 0.495 e. The molecule has 0 aliphatic rings. The van der Waals surface area contributed by atoms with Gasteiger partial charge in [0.2, 0.25) is 5.91 Å². The monoisotopic (exact) mass is 406 g/mol. The third-order valence-corrected chi connectivity index (χ3v) is 6.85. The van der Waals surface area contributed by atoms with E-state index in [1.54, 1.807) is 47.8 Å². The predicted octanol–water partition coefficient (Wildman–Crippen LogP) is 2.86. The number of carbonyl (C=O) groups excluding carboxylic acids is 1. The average Bonchev–Trinajstić information content (AvgIpc) is 3.38.